The minimum absolute atomic E-state index is 0.0897. The summed E-state index contributed by atoms with van der Waals surface area (Å²) in [6.07, 6.45) is 9.63. The summed E-state index contributed by atoms with van der Waals surface area (Å²) in [4.78, 5) is 14.9. The van der Waals surface area contributed by atoms with Crippen LogP contribution in [0.3, 0.4) is 0 Å². The number of fused-ring (bicyclic) bond motifs is 2. The van der Waals surface area contributed by atoms with E-state index < -0.39 is 0 Å². The van der Waals surface area contributed by atoms with Gasteiger partial charge in [-0.1, -0.05) is 42.7 Å². The summed E-state index contributed by atoms with van der Waals surface area (Å²) in [6, 6.07) is 7.35. The van der Waals surface area contributed by atoms with Gasteiger partial charge in [-0.2, -0.15) is 0 Å². The maximum Gasteiger partial charge on any atom is 0.260 e. The molecule has 3 rings (SSSR count). The van der Waals surface area contributed by atoms with Crippen LogP contribution in [0, 0.1) is 0 Å². The Labute approximate surface area is 189 Å². The lowest BCUT2D eigenvalue weighted by Gasteiger charge is -2.22. The lowest BCUT2D eigenvalue weighted by Crippen LogP contribution is -2.30. The molecule has 1 aliphatic rings. The number of hydrogen-bond donors (Lipinski definition) is 4. The van der Waals surface area contributed by atoms with Crippen molar-refractivity contribution in [2.75, 3.05) is 16.8 Å². The van der Waals surface area contributed by atoms with Crippen LogP contribution in [0.25, 0.3) is 0 Å². The summed E-state index contributed by atoms with van der Waals surface area (Å²) >= 11 is 0. The number of nitrogens with one attached hydrogen (secondary N) is 1. The number of phenolic OH excluding ortho intramolecular Hbond substituents is 3. The molecular weight excluding hydrogens is 404 g/mol. The van der Waals surface area contributed by atoms with E-state index >= 15 is 0 Å². The van der Waals surface area contributed by atoms with Gasteiger partial charge < -0.3 is 25.5 Å². The van der Waals surface area contributed by atoms with E-state index in [1.807, 2.05) is 13.0 Å². The number of amides is 1. The maximum atomic E-state index is 13.4. The van der Waals surface area contributed by atoms with Crippen molar-refractivity contribution < 1.29 is 20.1 Å². The zero-order chi connectivity index (χ0) is 23.3. The van der Waals surface area contributed by atoms with Gasteiger partial charge in [0.2, 0.25) is 0 Å². The number of phenols is 3. The number of rotatable bonds is 8. The van der Waals surface area contributed by atoms with Crippen molar-refractivity contribution in [1.29, 1.82) is 0 Å². The van der Waals surface area contributed by atoms with Gasteiger partial charge in [0, 0.05) is 18.7 Å². The van der Waals surface area contributed by atoms with E-state index in [1.54, 1.807) is 12.1 Å². The summed E-state index contributed by atoms with van der Waals surface area (Å²) in [5, 5.41) is 33.7. The second-order valence-corrected chi connectivity index (χ2v) is 8.34. The van der Waals surface area contributed by atoms with Gasteiger partial charge in [0.1, 0.15) is 22.9 Å². The van der Waals surface area contributed by atoms with E-state index in [0.717, 1.165) is 24.8 Å². The van der Waals surface area contributed by atoms with Crippen LogP contribution in [0.4, 0.5) is 17.1 Å². The molecule has 0 atom stereocenters. The normalized spacial score (nSPS) is 14.0. The van der Waals surface area contributed by atoms with Crippen LogP contribution in [0.2, 0.25) is 0 Å². The molecule has 1 aliphatic heterocycles. The lowest BCUT2D eigenvalue weighted by molar-refractivity contribution is 0.0991. The molecule has 4 N–H and O–H groups in total. The van der Waals surface area contributed by atoms with Gasteiger partial charge in [0.05, 0.1) is 16.9 Å². The van der Waals surface area contributed by atoms with Crippen molar-refractivity contribution in [2.45, 2.75) is 52.9 Å². The Morgan fingerprint density at radius 2 is 1.75 bits per heavy atom. The molecule has 1 heterocycles. The molecule has 0 fully saturated rings. The molecule has 170 valence electrons. The monoisotopic (exact) mass is 436 g/mol. The zero-order valence-corrected chi connectivity index (χ0v) is 19.0. The number of unbranched alkanes of at least 4 members (excludes halogenated alkanes) is 1. The average Bonchev–Trinajstić information content (AvgIpc) is 2.86. The first-order chi connectivity index (χ1) is 15.3. The van der Waals surface area contributed by atoms with Crippen LogP contribution >= 0.6 is 0 Å². The Balaban J connectivity index is 1.87. The highest BCUT2D eigenvalue weighted by Gasteiger charge is 2.29. The van der Waals surface area contributed by atoms with Gasteiger partial charge in [0.25, 0.3) is 5.91 Å². The molecule has 0 radical (unpaired) electrons. The largest absolute Gasteiger partial charge is 0.508 e. The summed E-state index contributed by atoms with van der Waals surface area (Å²) in [6.45, 7) is 6.67. The number of carbonyl (C=O) groups is 1. The van der Waals surface area contributed by atoms with Crippen LogP contribution in [0.1, 0.15) is 63.2 Å². The molecule has 6 nitrogen and oxygen atoms in total. The third-order valence-electron chi connectivity index (χ3n) is 5.72. The second-order valence-electron chi connectivity index (χ2n) is 8.34. The number of carbonyl (C=O) groups excluding carboxylic acids is 1. The van der Waals surface area contributed by atoms with Crippen LogP contribution < -0.4 is 10.2 Å². The number of aromatic hydroxyl groups is 3. The van der Waals surface area contributed by atoms with E-state index in [0.29, 0.717) is 11.3 Å². The van der Waals surface area contributed by atoms with Crippen molar-refractivity contribution in [3.05, 3.63) is 59.2 Å². The van der Waals surface area contributed by atoms with Gasteiger partial charge in [-0.25, -0.2) is 0 Å². The van der Waals surface area contributed by atoms with Gasteiger partial charge in [-0.15, -0.1) is 0 Å². The molecule has 0 unspecified atom stereocenters. The summed E-state index contributed by atoms with van der Waals surface area (Å²) in [7, 11) is 0. The van der Waals surface area contributed by atoms with Gasteiger partial charge in [-0.05, 0) is 51.7 Å². The highest BCUT2D eigenvalue weighted by Crippen LogP contribution is 2.45. The lowest BCUT2D eigenvalue weighted by atomic mass is 10.1. The van der Waals surface area contributed by atoms with Crippen LogP contribution in [-0.4, -0.2) is 27.8 Å². The van der Waals surface area contributed by atoms with E-state index in [-0.39, 0.29) is 41.1 Å². The van der Waals surface area contributed by atoms with Gasteiger partial charge >= 0.3 is 0 Å². The number of benzene rings is 2. The quantitative estimate of drug-likeness (QED) is 0.219. The van der Waals surface area contributed by atoms with Gasteiger partial charge in [-0.3, -0.25) is 4.79 Å². The van der Waals surface area contributed by atoms with Crippen LogP contribution in [-0.2, 0) is 0 Å². The molecule has 0 spiro atoms. The molecule has 0 saturated carbocycles. The van der Waals surface area contributed by atoms with E-state index in [1.165, 1.54) is 41.5 Å². The minimum atomic E-state index is -0.327. The molecule has 6 heteroatoms. The molecule has 0 saturated heterocycles. The molecule has 32 heavy (non-hydrogen) atoms. The Morgan fingerprint density at radius 1 is 1.00 bits per heavy atom. The predicted octanol–water partition coefficient (Wildman–Crippen LogP) is 6.37. The van der Waals surface area contributed by atoms with Crippen molar-refractivity contribution in [1.82, 2.24) is 0 Å². The van der Waals surface area contributed by atoms with Crippen LogP contribution in [0.15, 0.2) is 53.6 Å². The van der Waals surface area contributed by atoms with Crippen molar-refractivity contribution in [3.8, 4) is 17.2 Å². The first kappa shape index (κ1) is 23.3. The molecule has 2 aromatic carbocycles. The zero-order valence-electron chi connectivity index (χ0n) is 19.0. The smallest absolute Gasteiger partial charge is 0.260 e. The predicted molar refractivity (Wildman–Crippen MR) is 129 cm³/mol. The Morgan fingerprint density at radius 3 is 2.50 bits per heavy atom. The fourth-order valence-electron chi connectivity index (χ4n) is 3.80. The maximum absolute atomic E-state index is 13.4. The average molecular weight is 437 g/mol. The van der Waals surface area contributed by atoms with E-state index in [9.17, 15) is 20.1 Å². The molecule has 0 aliphatic carbocycles. The summed E-state index contributed by atoms with van der Waals surface area (Å²) < 4.78 is 0. The number of allylic oxidation sites excluding steroid dienone is 3. The fraction of sp³-hybridized carbons (Fsp3) is 0.346. The number of nitrogens with zero attached hydrogens (tertiary/aromatic N) is 1. The topological polar surface area (TPSA) is 93.0 Å². The second kappa shape index (κ2) is 10.3. The Kier molecular flexibility index (Phi) is 7.46. The fourth-order valence-corrected chi connectivity index (χ4v) is 3.80. The standard InChI is InChI=1S/C26H32N2O4/c1-4-5-8-17(2)9-6-10-18(3)13-14-28-21-15-19(29)16-23(31)25(21)27-24-20(26(28)32)11-7-12-22(24)30/h7,9,11-13,15-16,27,29-31H,4-6,8,10,14H2,1-3H3/b17-9+,18-13+. The number of anilines is 3. The van der Waals surface area contributed by atoms with Crippen molar-refractivity contribution in [3.63, 3.8) is 0 Å². The minimum Gasteiger partial charge on any atom is -0.508 e. The summed E-state index contributed by atoms with van der Waals surface area (Å²) in [5.41, 5.74) is 3.69. The van der Waals surface area contributed by atoms with Gasteiger partial charge in [0.15, 0.2) is 0 Å². The van der Waals surface area contributed by atoms with E-state index in [2.05, 4.69) is 25.2 Å². The third kappa shape index (κ3) is 5.25. The number of para-hydroxylation sites is 1. The highest BCUT2D eigenvalue weighted by molar-refractivity contribution is 6.15. The third-order valence-corrected chi connectivity index (χ3v) is 5.72. The molecule has 0 aromatic heterocycles. The SMILES string of the molecule is CCCC/C(C)=C/CC/C(C)=C/CN1C(=O)c2cccc(O)c2Nc2c(O)cc(O)cc21. The Bertz CT molecular complexity index is 1060. The Hall–Kier alpha value is -3.41. The van der Waals surface area contributed by atoms with Crippen molar-refractivity contribution >= 4 is 23.0 Å². The highest BCUT2D eigenvalue weighted by atomic mass is 16.3. The van der Waals surface area contributed by atoms with Crippen LogP contribution in [0.5, 0.6) is 17.2 Å². The first-order valence-electron chi connectivity index (χ1n) is 11.1. The first-order valence-corrected chi connectivity index (χ1v) is 11.1. The summed E-state index contributed by atoms with van der Waals surface area (Å²) in [5.74, 6) is -0.772. The molecule has 2 aromatic rings. The van der Waals surface area contributed by atoms with Crippen molar-refractivity contribution in [2.24, 2.45) is 0 Å². The molecule has 0 bridgehead atoms. The van der Waals surface area contributed by atoms with E-state index in [4.69, 9.17) is 0 Å². The number of hydrogen-bond acceptors (Lipinski definition) is 5. The molecule has 1 amide bonds. The molecular formula is C26H32N2O4.